The second-order valence-electron chi connectivity index (χ2n) is 5.85. The number of halogens is 1. The summed E-state index contributed by atoms with van der Waals surface area (Å²) in [5, 5.41) is 12.0. The first-order valence-electron chi connectivity index (χ1n) is 8.67. The van der Waals surface area contributed by atoms with Gasteiger partial charge in [-0.15, -0.1) is 0 Å². The van der Waals surface area contributed by atoms with E-state index in [1.165, 1.54) is 36.0 Å². The molecule has 0 bridgehead atoms. The summed E-state index contributed by atoms with van der Waals surface area (Å²) in [7, 11) is 0. The lowest BCUT2D eigenvalue weighted by molar-refractivity contribution is 0.0952. The third-order valence-corrected chi connectivity index (χ3v) is 4.46. The molecule has 27 heavy (non-hydrogen) atoms. The number of hydrogen-bond acceptors (Lipinski definition) is 6. The molecule has 0 spiro atoms. The summed E-state index contributed by atoms with van der Waals surface area (Å²) in [5.41, 5.74) is 1.14. The van der Waals surface area contributed by atoms with Crippen LogP contribution in [0.2, 0.25) is 0 Å². The molecule has 0 aliphatic rings. The van der Waals surface area contributed by atoms with Crippen molar-refractivity contribution in [2.45, 2.75) is 25.0 Å². The predicted octanol–water partition coefficient (Wildman–Crippen LogP) is 2.94. The molecule has 0 aliphatic heterocycles. The third-order valence-electron chi connectivity index (χ3n) is 3.92. The maximum absolute atomic E-state index is 12.9. The van der Waals surface area contributed by atoms with Gasteiger partial charge in [-0.3, -0.25) is 4.79 Å². The van der Waals surface area contributed by atoms with Crippen LogP contribution >= 0.6 is 11.8 Å². The first-order valence-corrected chi connectivity index (χ1v) is 9.90. The summed E-state index contributed by atoms with van der Waals surface area (Å²) in [6.07, 6.45) is 4.65. The van der Waals surface area contributed by atoms with Gasteiger partial charge in [-0.25, -0.2) is 19.0 Å². The van der Waals surface area contributed by atoms with Crippen LogP contribution in [0.15, 0.2) is 35.6 Å². The molecule has 0 atom stereocenters. The number of aromatic nitrogens is 4. The number of nitrogens with one attached hydrogen (secondary N) is 2. The third kappa shape index (κ3) is 4.54. The largest absolute Gasteiger partial charge is 0.369 e. The van der Waals surface area contributed by atoms with Crippen molar-refractivity contribution < 1.29 is 9.18 Å². The molecule has 0 saturated carbocycles. The monoisotopic (exact) mass is 388 g/mol. The highest BCUT2D eigenvalue weighted by molar-refractivity contribution is 7.98. The molecule has 0 unspecified atom stereocenters. The summed E-state index contributed by atoms with van der Waals surface area (Å²) < 4.78 is 14.7. The van der Waals surface area contributed by atoms with Crippen LogP contribution < -0.4 is 10.6 Å². The van der Waals surface area contributed by atoms with Crippen molar-refractivity contribution in [1.82, 2.24) is 25.1 Å². The quantitative estimate of drug-likeness (QED) is 0.456. The van der Waals surface area contributed by atoms with Gasteiger partial charge in [0.25, 0.3) is 5.91 Å². The molecule has 3 rings (SSSR count). The van der Waals surface area contributed by atoms with Gasteiger partial charge in [-0.2, -0.15) is 5.10 Å². The van der Waals surface area contributed by atoms with E-state index >= 15 is 0 Å². The highest BCUT2D eigenvalue weighted by Gasteiger charge is 2.13. The second-order valence-corrected chi connectivity index (χ2v) is 6.63. The molecule has 2 heterocycles. The van der Waals surface area contributed by atoms with Gasteiger partial charge in [0, 0.05) is 18.7 Å². The van der Waals surface area contributed by atoms with E-state index in [2.05, 4.69) is 32.6 Å². The number of benzene rings is 1. The normalized spacial score (nSPS) is 10.9. The van der Waals surface area contributed by atoms with Crippen LogP contribution in [0.3, 0.4) is 0 Å². The molecule has 3 aromatic rings. The van der Waals surface area contributed by atoms with Crippen LogP contribution in [0.1, 0.15) is 23.7 Å². The summed E-state index contributed by atoms with van der Waals surface area (Å²) in [4.78, 5) is 21.2. The van der Waals surface area contributed by atoms with E-state index in [9.17, 15) is 9.18 Å². The number of fused-ring (bicyclic) bond motifs is 1. The fourth-order valence-electron chi connectivity index (χ4n) is 2.55. The van der Waals surface area contributed by atoms with Gasteiger partial charge < -0.3 is 10.6 Å². The van der Waals surface area contributed by atoms with Crippen LogP contribution in [0.4, 0.5) is 10.2 Å². The van der Waals surface area contributed by atoms with Gasteiger partial charge in [0.15, 0.2) is 10.8 Å². The van der Waals surface area contributed by atoms with Crippen molar-refractivity contribution in [3.63, 3.8) is 0 Å². The van der Waals surface area contributed by atoms with Crippen LogP contribution in [-0.2, 0) is 6.54 Å². The van der Waals surface area contributed by atoms with Crippen LogP contribution in [0, 0.1) is 5.82 Å². The fraction of sp³-hybridized carbons (Fsp3) is 0.333. The summed E-state index contributed by atoms with van der Waals surface area (Å²) in [5.74, 6) is 0.148. The van der Waals surface area contributed by atoms with Crippen molar-refractivity contribution >= 4 is 34.5 Å². The smallest absolute Gasteiger partial charge is 0.251 e. The van der Waals surface area contributed by atoms with Crippen LogP contribution in [-0.4, -0.2) is 45.0 Å². The number of anilines is 1. The van der Waals surface area contributed by atoms with Crippen LogP contribution in [0.25, 0.3) is 11.0 Å². The van der Waals surface area contributed by atoms with E-state index in [0.29, 0.717) is 23.8 Å². The number of thioether (sulfide) groups is 1. The Morgan fingerprint density at radius 1 is 1.22 bits per heavy atom. The van der Waals surface area contributed by atoms with Gasteiger partial charge in [-0.1, -0.05) is 18.7 Å². The highest BCUT2D eigenvalue weighted by atomic mass is 32.2. The lowest BCUT2D eigenvalue weighted by Gasteiger charge is -2.09. The number of hydrogen-bond donors (Lipinski definition) is 2. The Morgan fingerprint density at radius 2 is 2.00 bits per heavy atom. The summed E-state index contributed by atoms with van der Waals surface area (Å²) in [6.45, 7) is 3.75. The van der Waals surface area contributed by atoms with E-state index in [1.54, 1.807) is 10.9 Å². The summed E-state index contributed by atoms with van der Waals surface area (Å²) in [6, 6.07) is 5.44. The molecule has 9 heteroatoms. The molecule has 0 fully saturated rings. The number of rotatable bonds is 8. The number of nitrogens with zero attached hydrogens (tertiary/aromatic N) is 4. The zero-order valence-electron chi connectivity index (χ0n) is 15.2. The van der Waals surface area contributed by atoms with Gasteiger partial charge in [0.2, 0.25) is 0 Å². The maximum Gasteiger partial charge on any atom is 0.251 e. The van der Waals surface area contributed by atoms with Crippen molar-refractivity contribution in [3.8, 4) is 0 Å². The SMILES string of the molecule is CCCNc1nc(SC)nc2c1cnn2CCNC(=O)c1ccc(F)cc1. The number of amides is 1. The number of carbonyl (C=O) groups is 1. The van der Waals surface area contributed by atoms with E-state index in [0.717, 1.165) is 29.8 Å². The Bertz CT molecular complexity index is 927. The molecule has 7 nitrogen and oxygen atoms in total. The summed E-state index contributed by atoms with van der Waals surface area (Å²) >= 11 is 1.47. The Labute approximate surface area is 160 Å². The number of carbonyl (C=O) groups excluding carboxylic acids is 1. The molecule has 2 aromatic heterocycles. The Kier molecular flexibility index (Phi) is 6.23. The molecule has 1 aromatic carbocycles. The zero-order chi connectivity index (χ0) is 19.2. The van der Waals surface area contributed by atoms with Gasteiger partial charge in [-0.05, 0) is 36.9 Å². The minimum atomic E-state index is -0.369. The van der Waals surface area contributed by atoms with Gasteiger partial charge in [0.05, 0.1) is 18.1 Å². The van der Waals surface area contributed by atoms with E-state index in [4.69, 9.17) is 0 Å². The van der Waals surface area contributed by atoms with Crippen molar-refractivity contribution in [2.75, 3.05) is 24.7 Å². The highest BCUT2D eigenvalue weighted by Crippen LogP contribution is 2.23. The maximum atomic E-state index is 12.9. The minimum Gasteiger partial charge on any atom is -0.369 e. The van der Waals surface area contributed by atoms with Gasteiger partial charge >= 0.3 is 0 Å². The minimum absolute atomic E-state index is 0.254. The second kappa shape index (κ2) is 8.81. The Balaban J connectivity index is 1.71. The lowest BCUT2D eigenvalue weighted by atomic mass is 10.2. The van der Waals surface area contributed by atoms with Crippen molar-refractivity contribution in [2.24, 2.45) is 0 Å². The molecule has 2 N–H and O–H groups in total. The molecule has 1 amide bonds. The standard InChI is InChI=1S/C18H21FN6OS/c1-3-8-20-15-14-11-22-25(16(14)24-18(23-15)27-2)10-9-21-17(26)12-4-6-13(19)7-5-12/h4-7,11H,3,8-10H2,1-2H3,(H,21,26)(H,20,23,24). The Hall–Kier alpha value is -2.68. The topological polar surface area (TPSA) is 84.7 Å². The zero-order valence-corrected chi connectivity index (χ0v) is 16.0. The molecule has 0 saturated heterocycles. The molecule has 0 radical (unpaired) electrons. The van der Waals surface area contributed by atoms with Crippen molar-refractivity contribution in [1.29, 1.82) is 0 Å². The Morgan fingerprint density at radius 3 is 2.70 bits per heavy atom. The predicted molar refractivity (Wildman–Crippen MR) is 105 cm³/mol. The molecular formula is C18H21FN6OS. The van der Waals surface area contributed by atoms with E-state index in [1.807, 2.05) is 6.26 Å². The van der Waals surface area contributed by atoms with Crippen molar-refractivity contribution in [3.05, 3.63) is 41.8 Å². The van der Waals surface area contributed by atoms with Gasteiger partial charge in [0.1, 0.15) is 11.6 Å². The molecular weight excluding hydrogens is 367 g/mol. The van der Waals surface area contributed by atoms with E-state index < -0.39 is 0 Å². The average molecular weight is 388 g/mol. The first kappa shape index (κ1) is 19.1. The molecule has 142 valence electrons. The van der Waals surface area contributed by atoms with E-state index in [-0.39, 0.29) is 11.7 Å². The van der Waals surface area contributed by atoms with Crippen LogP contribution in [0.5, 0.6) is 0 Å². The molecule has 0 aliphatic carbocycles. The lowest BCUT2D eigenvalue weighted by Crippen LogP contribution is -2.27. The fourth-order valence-corrected chi connectivity index (χ4v) is 2.91. The average Bonchev–Trinajstić information content (AvgIpc) is 3.09. The first-order chi connectivity index (χ1) is 13.1.